The standard InChI is InChI=1S/C12H13F3N4O/c1-18-10(6-11(17-18)12(13,14)15)9-2-4-19(16-9)8-3-5-20-7-8/h2,4,6,8H,3,5,7H2,1H3. The van der Waals surface area contributed by atoms with Crippen LogP contribution in [0.3, 0.4) is 0 Å². The second-order valence-electron chi connectivity index (χ2n) is 4.73. The number of halogens is 3. The largest absolute Gasteiger partial charge is 0.435 e. The minimum atomic E-state index is -4.45. The predicted octanol–water partition coefficient (Wildman–Crippen LogP) is 2.26. The van der Waals surface area contributed by atoms with Crippen molar-refractivity contribution >= 4 is 0 Å². The summed E-state index contributed by atoms with van der Waals surface area (Å²) in [6.45, 7) is 1.27. The molecule has 1 fully saturated rings. The van der Waals surface area contributed by atoms with Gasteiger partial charge in [-0.05, 0) is 18.6 Å². The van der Waals surface area contributed by atoms with Crippen molar-refractivity contribution in [1.29, 1.82) is 0 Å². The highest BCUT2D eigenvalue weighted by Crippen LogP contribution is 2.31. The molecule has 0 radical (unpaired) electrons. The van der Waals surface area contributed by atoms with Crippen LogP contribution in [0.1, 0.15) is 18.2 Å². The van der Waals surface area contributed by atoms with E-state index in [2.05, 4.69) is 10.2 Å². The molecule has 0 amide bonds. The number of aryl methyl sites for hydroxylation is 1. The molecular formula is C12H13F3N4O. The van der Waals surface area contributed by atoms with Gasteiger partial charge >= 0.3 is 6.18 Å². The fraction of sp³-hybridized carbons (Fsp3) is 0.500. The Hall–Kier alpha value is -1.83. The van der Waals surface area contributed by atoms with E-state index in [0.717, 1.165) is 12.5 Å². The summed E-state index contributed by atoms with van der Waals surface area (Å²) < 4.78 is 46.1. The molecule has 1 atom stereocenters. The van der Waals surface area contributed by atoms with Crippen LogP contribution in [0.5, 0.6) is 0 Å². The van der Waals surface area contributed by atoms with Gasteiger partial charge in [0.05, 0.1) is 18.3 Å². The maximum atomic E-state index is 12.6. The van der Waals surface area contributed by atoms with Crippen LogP contribution in [0.4, 0.5) is 13.2 Å². The molecule has 1 aliphatic heterocycles. The molecule has 0 N–H and O–H groups in total. The molecule has 8 heteroatoms. The van der Waals surface area contributed by atoms with Crippen LogP contribution in [0.25, 0.3) is 11.4 Å². The lowest BCUT2D eigenvalue weighted by molar-refractivity contribution is -0.141. The molecule has 20 heavy (non-hydrogen) atoms. The quantitative estimate of drug-likeness (QED) is 0.850. The molecule has 2 aromatic rings. The lowest BCUT2D eigenvalue weighted by Gasteiger charge is -2.07. The van der Waals surface area contributed by atoms with Gasteiger partial charge in [-0.2, -0.15) is 23.4 Å². The first-order chi connectivity index (χ1) is 9.45. The first-order valence-corrected chi connectivity index (χ1v) is 6.19. The van der Waals surface area contributed by atoms with E-state index in [4.69, 9.17) is 4.74 Å². The third-order valence-electron chi connectivity index (χ3n) is 3.32. The molecule has 1 aliphatic rings. The van der Waals surface area contributed by atoms with Gasteiger partial charge in [0.25, 0.3) is 0 Å². The van der Waals surface area contributed by atoms with Crippen LogP contribution in [-0.4, -0.2) is 32.8 Å². The third kappa shape index (κ3) is 2.31. The molecule has 0 spiro atoms. The Kier molecular flexibility index (Phi) is 3.04. The summed E-state index contributed by atoms with van der Waals surface area (Å²) in [5.74, 6) is 0. The van der Waals surface area contributed by atoms with E-state index in [1.54, 1.807) is 16.9 Å². The molecule has 0 saturated carbocycles. The number of alkyl halides is 3. The lowest BCUT2D eigenvalue weighted by Crippen LogP contribution is -2.09. The van der Waals surface area contributed by atoms with E-state index in [-0.39, 0.29) is 6.04 Å². The van der Waals surface area contributed by atoms with Crippen molar-refractivity contribution in [1.82, 2.24) is 19.6 Å². The van der Waals surface area contributed by atoms with Gasteiger partial charge in [-0.3, -0.25) is 9.36 Å². The van der Waals surface area contributed by atoms with Crippen LogP contribution in [0.15, 0.2) is 18.3 Å². The molecule has 3 rings (SSSR count). The van der Waals surface area contributed by atoms with Crippen LogP contribution in [0.2, 0.25) is 0 Å². The zero-order valence-electron chi connectivity index (χ0n) is 10.8. The number of aromatic nitrogens is 4. The van der Waals surface area contributed by atoms with E-state index in [1.165, 1.54) is 11.7 Å². The van der Waals surface area contributed by atoms with Gasteiger partial charge in [0.1, 0.15) is 5.69 Å². The molecular weight excluding hydrogens is 273 g/mol. The smallest absolute Gasteiger partial charge is 0.379 e. The van der Waals surface area contributed by atoms with Crippen molar-refractivity contribution in [3.63, 3.8) is 0 Å². The Morgan fingerprint density at radius 3 is 2.75 bits per heavy atom. The Labute approximate surface area is 112 Å². The highest BCUT2D eigenvalue weighted by Gasteiger charge is 2.35. The van der Waals surface area contributed by atoms with Gasteiger partial charge in [0.15, 0.2) is 5.69 Å². The minimum Gasteiger partial charge on any atom is -0.379 e. The summed E-state index contributed by atoms with van der Waals surface area (Å²) in [7, 11) is 1.47. The molecule has 0 bridgehead atoms. The fourth-order valence-corrected chi connectivity index (χ4v) is 2.25. The Morgan fingerprint density at radius 1 is 1.35 bits per heavy atom. The Balaban J connectivity index is 1.91. The molecule has 5 nitrogen and oxygen atoms in total. The van der Waals surface area contributed by atoms with E-state index < -0.39 is 11.9 Å². The van der Waals surface area contributed by atoms with Gasteiger partial charge in [-0.15, -0.1) is 0 Å². The van der Waals surface area contributed by atoms with E-state index in [1.807, 2.05) is 0 Å². The van der Waals surface area contributed by atoms with E-state index >= 15 is 0 Å². The Bertz CT molecular complexity index is 610. The molecule has 108 valence electrons. The Morgan fingerprint density at radius 2 is 2.15 bits per heavy atom. The molecule has 1 saturated heterocycles. The minimum absolute atomic E-state index is 0.152. The highest BCUT2D eigenvalue weighted by atomic mass is 19.4. The summed E-state index contributed by atoms with van der Waals surface area (Å²) in [5.41, 5.74) is -0.0915. The number of rotatable bonds is 2. The second kappa shape index (κ2) is 4.62. The van der Waals surface area contributed by atoms with Gasteiger partial charge < -0.3 is 4.74 Å². The van der Waals surface area contributed by atoms with E-state index in [9.17, 15) is 13.2 Å². The van der Waals surface area contributed by atoms with Gasteiger partial charge in [0, 0.05) is 19.9 Å². The normalized spacial score (nSPS) is 19.7. The zero-order chi connectivity index (χ0) is 14.3. The predicted molar refractivity (Wildman–Crippen MR) is 63.9 cm³/mol. The second-order valence-corrected chi connectivity index (χ2v) is 4.73. The monoisotopic (exact) mass is 286 g/mol. The summed E-state index contributed by atoms with van der Waals surface area (Å²) in [6, 6.07) is 2.85. The van der Waals surface area contributed by atoms with Crippen molar-refractivity contribution < 1.29 is 17.9 Å². The number of ether oxygens (including phenoxy) is 1. The number of hydrogen-bond acceptors (Lipinski definition) is 3. The lowest BCUT2D eigenvalue weighted by atomic mass is 10.3. The van der Waals surface area contributed by atoms with Crippen LogP contribution in [0, 0.1) is 0 Å². The summed E-state index contributed by atoms with van der Waals surface area (Å²) >= 11 is 0. The summed E-state index contributed by atoms with van der Waals surface area (Å²) in [6.07, 6.45) is -1.83. The van der Waals surface area contributed by atoms with Crippen molar-refractivity contribution in [3.8, 4) is 11.4 Å². The summed E-state index contributed by atoms with van der Waals surface area (Å²) in [5, 5.41) is 7.81. The maximum Gasteiger partial charge on any atom is 0.435 e. The maximum absolute atomic E-state index is 12.6. The van der Waals surface area contributed by atoms with Crippen LogP contribution in [-0.2, 0) is 18.0 Å². The van der Waals surface area contributed by atoms with Crippen LogP contribution >= 0.6 is 0 Å². The van der Waals surface area contributed by atoms with Crippen molar-refractivity contribution in [3.05, 3.63) is 24.0 Å². The topological polar surface area (TPSA) is 44.9 Å². The van der Waals surface area contributed by atoms with Crippen molar-refractivity contribution in [2.45, 2.75) is 18.6 Å². The van der Waals surface area contributed by atoms with Crippen LogP contribution < -0.4 is 0 Å². The highest BCUT2D eigenvalue weighted by molar-refractivity contribution is 5.54. The van der Waals surface area contributed by atoms with Gasteiger partial charge in [0.2, 0.25) is 0 Å². The third-order valence-corrected chi connectivity index (χ3v) is 3.32. The first kappa shape index (κ1) is 13.2. The van der Waals surface area contributed by atoms with E-state index in [0.29, 0.717) is 24.6 Å². The number of nitrogens with zero attached hydrogens (tertiary/aromatic N) is 4. The average molecular weight is 286 g/mol. The van der Waals surface area contributed by atoms with Crippen molar-refractivity contribution in [2.24, 2.45) is 7.05 Å². The molecule has 1 unspecified atom stereocenters. The zero-order valence-corrected chi connectivity index (χ0v) is 10.8. The summed E-state index contributed by atoms with van der Waals surface area (Å²) in [4.78, 5) is 0. The fourth-order valence-electron chi connectivity index (χ4n) is 2.25. The molecule has 3 heterocycles. The SMILES string of the molecule is Cn1nc(C(F)(F)F)cc1-c1ccn(C2CCOC2)n1. The molecule has 0 aromatic carbocycles. The molecule has 0 aliphatic carbocycles. The van der Waals surface area contributed by atoms with Gasteiger partial charge in [-0.25, -0.2) is 0 Å². The van der Waals surface area contributed by atoms with Crippen molar-refractivity contribution in [2.75, 3.05) is 13.2 Å². The number of hydrogen-bond donors (Lipinski definition) is 0. The van der Waals surface area contributed by atoms with Gasteiger partial charge in [-0.1, -0.05) is 0 Å². The average Bonchev–Trinajstić information content (AvgIpc) is 3.06. The first-order valence-electron chi connectivity index (χ1n) is 6.19. The molecule has 2 aromatic heterocycles.